The quantitative estimate of drug-likeness (QED) is 0.897. The zero-order valence-corrected chi connectivity index (χ0v) is 11.5. The number of halogens is 1. The SMILES string of the molecule is O=C(O)C(Nc1cccc(Br)c1)C1CCOCC1. The van der Waals surface area contributed by atoms with Crippen LogP contribution < -0.4 is 5.32 Å². The molecule has 0 aliphatic carbocycles. The molecule has 1 heterocycles. The third-order valence-electron chi connectivity index (χ3n) is 3.15. The maximum atomic E-state index is 11.4. The van der Waals surface area contributed by atoms with Gasteiger partial charge in [0.2, 0.25) is 0 Å². The molecule has 0 amide bonds. The van der Waals surface area contributed by atoms with Crippen LogP contribution in [0.4, 0.5) is 5.69 Å². The second-order valence-electron chi connectivity index (χ2n) is 4.42. The highest BCUT2D eigenvalue weighted by atomic mass is 79.9. The molecule has 0 radical (unpaired) electrons. The van der Waals surface area contributed by atoms with Crippen molar-refractivity contribution in [2.75, 3.05) is 18.5 Å². The van der Waals surface area contributed by atoms with Gasteiger partial charge >= 0.3 is 5.97 Å². The Hall–Kier alpha value is -1.07. The summed E-state index contributed by atoms with van der Waals surface area (Å²) in [6.07, 6.45) is 1.58. The van der Waals surface area contributed by atoms with Crippen molar-refractivity contribution in [2.24, 2.45) is 5.92 Å². The predicted molar refractivity (Wildman–Crippen MR) is 72.7 cm³/mol. The Morgan fingerprint density at radius 2 is 2.17 bits per heavy atom. The largest absolute Gasteiger partial charge is 0.480 e. The van der Waals surface area contributed by atoms with Crippen LogP contribution in [0.25, 0.3) is 0 Å². The summed E-state index contributed by atoms with van der Waals surface area (Å²) in [5.74, 6) is -0.683. The van der Waals surface area contributed by atoms with Gasteiger partial charge in [-0.3, -0.25) is 0 Å². The summed E-state index contributed by atoms with van der Waals surface area (Å²) >= 11 is 3.38. The highest BCUT2D eigenvalue weighted by molar-refractivity contribution is 9.10. The van der Waals surface area contributed by atoms with Crippen LogP contribution in [-0.2, 0) is 9.53 Å². The number of carbonyl (C=O) groups is 1. The molecule has 1 aromatic carbocycles. The molecule has 18 heavy (non-hydrogen) atoms. The average Bonchev–Trinajstić information content (AvgIpc) is 2.37. The molecule has 1 saturated heterocycles. The van der Waals surface area contributed by atoms with E-state index in [2.05, 4.69) is 21.2 Å². The number of ether oxygens (including phenoxy) is 1. The standard InChI is InChI=1S/C13H16BrNO3/c14-10-2-1-3-11(8-10)15-12(13(16)17)9-4-6-18-7-5-9/h1-3,8-9,12,15H,4-7H2,(H,16,17). The molecular formula is C13H16BrNO3. The first-order chi connectivity index (χ1) is 8.66. The molecule has 1 aliphatic rings. The van der Waals surface area contributed by atoms with Crippen molar-refractivity contribution in [3.8, 4) is 0 Å². The maximum absolute atomic E-state index is 11.4. The number of anilines is 1. The Kier molecular flexibility index (Phi) is 4.60. The molecule has 0 bridgehead atoms. The Labute approximate surface area is 114 Å². The summed E-state index contributed by atoms with van der Waals surface area (Å²) in [6.45, 7) is 1.29. The van der Waals surface area contributed by atoms with E-state index in [4.69, 9.17) is 4.74 Å². The predicted octanol–water partition coefficient (Wildman–Crippen LogP) is 2.74. The fraction of sp³-hybridized carbons (Fsp3) is 0.462. The van der Waals surface area contributed by atoms with Gasteiger partial charge in [0.25, 0.3) is 0 Å². The maximum Gasteiger partial charge on any atom is 0.326 e. The van der Waals surface area contributed by atoms with E-state index in [-0.39, 0.29) is 5.92 Å². The summed E-state index contributed by atoms with van der Waals surface area (Å²) in [7, 11) is 0. The Bertz CT molecular complexity index is 418. The molecule has 0 aromatic heterocycles. The van der Waals surface area contributed by atoms with Gasteiger partial charge in [-0.1, -0.05) is 22.0 Å². The first kappa shape index (κ1) is 13.4. The lowest BCUT2D eigenvalue weighted by atomic mass is 9.91. The van der Waals surface area contributed by atoms with Gasteiger partial charge in [-0.25, -0.2) is 4.79 Å². The summed E-state index contributed by atoms with van der Waals surface area (Å²) in [6, 6.07) is 7.00. The van der Waals surface area contributed by atoms with E-state index in [0.717, 1.165) is 23.0 Å². The molecule has 1 aliphatic heterocycles. The zero-order valence-electron chi connectivity index (χ0n) is 9.93. The van der Waals surface area contributed by atoms with Gasteiger partial charge in [-0.2, -0.15) is 0 Å². The average molecular weight is 314 g/mol. The molecule has 98 valence electrons. The molecule has 1 fully saturated rings. The third-order valence-corrected chi connectivity index (χ3v) is 3.64. The van der Waals surface area contributed by atoms with Crippen LogP contribution in [0, 0.1) is 5.92 Å². The number of aliphatic carboxylic acids is 1. The molecule has 0 saturated carbocycles. The molecule has 0 spiro atoms. The number of rotatable bonds is 4. The number of hydrogen-bond donors (Lipinski definition) is 2. The molecule has 5 heteroatoms. The van der Waals surface area contributed by atoms with Crippen molar-refractivity contribution in [3.05, 3.63) is 28.7 Å². The topological polar surface area (TPSA) is 58.6 Å². The summed E-state index contributed by atoms with van der Waals surface area (Å²) in [5.41, 5.74) is 0.822. The Morgan fingerprint density at radius 1 is 1.44 bits per heavy atom. The van der Waals surface area contributed by atoms with E-state index in [0.29, 0.717) is 13.2 Å². The first-order valence-corrected chi connectivity index (χ1v) is 6.79. The van der Waals surface area contributed by atoms with E-state index in [1.807, 2.05) is 24.3 Å². The van der Waals surface area contributed by atoms with Gasteiger partial charge in [0.05, 0.1) is 0 Å². The van der Waals surface area contributed by atoms with Crippen molar-refractivity contribution in [1.29, 1.82) is 0 Å². The van der Waals surface area contributed by atoms with Crippen molar-refractivity contribution >= 4 is 27.6 Å². The van der Waals surface area contributed by atoms with Crippen LogP contribution in [0.2, 0.25) is 0 Å². The highest BCUT2D eigenvalue weighted by Gasteiger charge is 2.29. The Balaban J connectivity index is 2.08. The number of nitrogens with one attached hydrogen (secondary N) is 1. The number of carboxylic acids is 1. The lowest BCUT2D eigenvalue weighted by Gasteiger charge is -2.28. The van der Waals surface area contributed by atoms with Crippen LogP contribution in [0.1, 0.15) is 12.8 Å². The van der Waals surface area contributed by atoms with Crippen molar-refractivity contribution in [2.45, 2.75) is 18.9 Å². The van der Waals surface area contributed by atoms with Crippen molar-refractivity contribution < 1.29 is 14.6 Å². The van der Waals surface area contributed by atoms with Crippen molar-refractivity contribution in [1.82, 2.24) is 0 Å². The van der Waals surface area contributed by atoms with E-state index in [9.17, 15) is 9.90 Å². The molecule has 1 aromatic rings. The fourth-order valence-electron chi connectivity index (χ4n) is 2.19. The van der Waals surface area contributed by atoms with Gasteiger partial charge < -0.3 is 15.2 Å². The molecule has 4 nitrogen and oxygen atoms in total. The summed E-state index contributed by atoms with van der Waals surface area (Å²) in [4.78, 5) is 11.4. The van der Waals surface area contributed by atoms with E-state index in [1.54, 1.807) is 0 Å². The lowest BCUT2D eigenvalue weighted by Crippen LogP contribution is -2.39. The smallest absolute Gasteiger partial charge is 0.326 e. The van der Waals surface area contributed by atoms with Crippen LogP contribution in [0.5, 0.6) is 0 Å². The van der Waals surface area contributed by atoms with E-state index in [1.165, 1.54) is 0 Å². The molecular weight excluding hydrogens is 298 g/mol. The summed E-state index contributed by atoms with van der Waals surface area (Å²) < 4.78 is 6.20. The van der Waals surface area contributed by atoms with Crippen LogP contribution in [0.3, 0.4) is 0 Å². The minimum Gasteiger partial charge on any atom is -0.480 e. The van der Waals surface area contributed by atoms with Crippen LogP contribution in [0.15, 0.2) is 28.7 Å². The molecule has 1 atom stereocenters. The first-order valence-electron chi connectivity index (χ1n) is 5.99. The minimum atomic E-state index is -0.804. The van der Waals surface area contributed by atoms with E-state index < -0.39 is 12.0 Å². The number of carboxylic acid groups (broad SMARTS) is 1. The lowest BCUT2D eigenvalue weighted by molar-refractivity contribution is -0.140. The fourth-order valence-corrected chi connectivity index (χ4v) is 2.59. The highest BCUT2D eigenvalue weighted by Crippen LogP contribution is 2.23. The Morgan fingerprint density at radius 3 is 2.78 bits per heavy atom. The summed E-state index contributed by atoms with van der Waals surface area (Å²) in [5, 5.41) is 12.4. The third kappa shape index (κ3) is 3.46. The van der Waals surface area contributed by atoms with Crippen LogP contribution >= 0.6 is 15.9 Å². The van der Waals surface area contributed by atoms with E-state index >= 15 is 0 Å². The van der Waals surface area contributed by atoms with Crippen molar-refractivity contribution in [3.63, 3.8) is 0 Å². The monoisotopic (exact) mass is 313 g/mol. The second kappa shape index (κ2) is 6.20. The van der Waals surface area contributed by atoms with Gasteiger partial charge in [0.15, 0.2) is 0 Å². The number of benzene rings is 1. The normalized spacial score (nSPS) is 18.3. The van der Waals surface area contributed by atoms with Crippen LogP contribution in [-0.4, -0.2) is 30.3 Å². The number of hydrogen-bond acceptors (Lipinski definition) is 3. The van der Waals surface area contributed by atoms with Gasteiger partial charge in [0, 0.05) is 23.4 Å². The molecule has 1 unspecified atom stereocenters. The zero-order chi connectivity index (χ0) is 13.0. The van der Waals surface area contributed by atoms with Gasteiger partial charge in [0.1, 0.15) is 6.04 Å². The van der Waals surface area contributed by atoms with Gasteiger partial charge in [-0.15, -0.1) is 0 Å². The molecule has 2 N–H and O–H groups in total. The molecule has 2 rings (SSSR count). The van der Waals surface area contributed by atoms with Gasteiger partial charge in [-0.05, 0) is 37.0 Å². The second-order valence-corrected chi connectivity index (χ2v) is 5.34. The minimum absolute atomic E-state index is 0.121.